The van der Waals surface area contributed by atoms with Crippen LogP contribution in [0.4, 0.5) is 0 Å². The van der Waals surface area contributed by atoms with Crippen LogP contribution in [0.5, 0.6) is 0 Å². The Hall–Kier alpha value is -2.95. The van der Waals surface area contributed by atoms with Crippen molar-refractivity contribution in [3.8, 4) is 0 Å². The minimum atomic E-state index is -0.522. The van der Waals surface area contributed by atoms with Gasteiger partial charge >= 0.3 is 5.97 Å². The van der Waals surface area contributed by atoms with E-state index in [0.29, 0.717) is 27.9 Å². The molecule has 1 aromatic heterocycles. The molecular formula is C19H17NO4. The number of carbonyl (C=O) groups is 3. The van der Waals surface area contributed by atoms with E-state index in [0.717, 1.165) is 5.69 Å². The van der Waals surface area contributed by atoms with Crippen LogP contribution < -0.4 is 0 Å². The Morgan fingerprint density at radius 3 is 2.29 bits per heavy atom. The van der Waals surface area contributed by atoms with Crippen molar-refractivity contribution < 1.29 is 19.1 Å². The molecule has 0 aliphatic heterocycles. The molecular weight excluding hydrogens is 306 g/mol. The summed E-state index contributed by atoms with van der Waals surface area (Å²) < 4.78 is 6.69. The van der Waals surface area contributed by atoms with Gasteiger partial charge in [-0.15, -0.1) is 0 Å². The Bertz CT molecular complexity index is 931. The average Bonchev–Trinajstić information content (AvgIpc) is 2.81. The topological polar surface area (TPSA) is 65.4 Å². The van der Waals surface area contributed by atoms with Gasteiger partial charge < -0.3 is 9.30 Å². The molecule has 5 nitrogen and oxygen atoms in total. The molecule has 1 aromatic carbocycles. The third kappa shape index (κ3) is 2.12. The summed E-state index contributed by atoms with van der Waals surface area (Å²) in [7, 11) is 3.11. The number of rotatable bonds is 2. The normalized spacial score (nSPS) is 13.6. The highest BCUT2D eigenvalue weighted by Crippen LogP contribution is 2.34. The van der Waals surface area contributed by atoms with E-state index in [9.17, 15) is 14.4 Å². The Morgan fingerprint density at radius 2 is 1.67 bits per heavy atom. The van der Waals surface area contributed by atoms with E-state index in [1.807, 2.05) is 18.5 Å². The van der Waals surface area contributed by atoms with Gasteiger partial charge in [-0.3, -0.25) is 9.59 Å². The third-order valence-corrected chi connectivity index (χ3v) is 4.60. The van der Waals surface area contributed by atoms with E-state index >= 15 is 0 Å². The molecule has 24 heavy (non-hydrogen) atoms. The van der Waals surface area contributed by atoms with Crippen LogP contribution in [-0.4, -0.2) is 29.2 Å². The Labute approximate surface area is 139 Å². The SMILES string of the molecule is COC(=O)c1c(C2=CC(=O)c3ccccc3C2=O)c(C)n(C)c1C. The van der Waals surface area contributed by atoms with Gasteiger partial charge in [-0.1, -0.05) is 24.3 Å². The van der Waals surface area contributed by atoms with E-state index in [1.165, 1.54) is 13.2 Å². The lowest BCUT2D eigenvalue weighted by Crippen LogP contribution is -2.18. The number of Topliss-reactive ketones (excluding diaryl/α,β-unsaturated/α-hetero) is 1. The van der Waals surface area contributed by atoms with E-state index in [2.05, 4.69) is 0 Å². The molecule has 5 heteroatoms. The molecule has 1 aliphatic carbocycles. The molecule has 1 aliphatic rings. The lowest BCUT2D eigenvalue weighted by atomic mass is 9.85. The maximum atomic E-state index is 12.9. The average molecular weight is 323 g/mol. The lowest BCUT2D eigenvalue weighted by molar-refractivity contribution is 0.0599. The second kappa shape index (κ2) is 5.60. The van der Waals surface area contributed by atoms with Crippen LogP contribution in [0.2, 0.25) is 0 Å². The van der Waals surface area contributed by atoms with Gasteiger partial charge in [-0.25, -0.2) is 4.79 Å². The number of benzene rings is 1. The number of aromatic nitrogens is 1. The fourth-order valence-corrected chi connectivity index (χ4v) is 3.13. The van der Waals surface area contributed by atoms with Crippen molar-refractivity contribution in [1.82, 2.24) is 4.57 Å². The maximum Gasteiger partial charge on any atom is 0.340 e. The lowest BCUT2D eigenvalue weighted by Gasteiger charge is -2.16. The number of carbonyl (C=O) groups excluding carboxylic acids is 3. The van der Waals surface area contributed by atoms with E-state index in [-0.39, 0.29) is 17.1 Å². The van der Waals surface area contributed by atoms with Crippen molar-refractivity contribution in [2.45, 2.75) is 13.8 Å². The number of ether oxygens (including phenoxy) is 1. The van der Waals surface area contributed by atoms with Crippen LogP contribution in [0.3, 0.4) is 0 Å². The van der Waals surface area contributed by atoms with Crippen molar-refractivity contribution in [2.24, 2.45) is 7.05 Å². The summed E-state index contributed by atoms with van der Waals surface area (Å²) in [5, 5.41) is 0. The quantitative estimate of drug-likeness (QED) is 0.797. The molecule has 0 bridgehead atoms. The number of allylic oxidation sites excluding steroid dienone is 2. The summed E-state index contributed by atoms with van der Waals surface area (Å²) in [6, 6.07) is 6.70. The molecule has 0 fully saturated rings. The number of fused-ring (bicyclic) bond motifs is 1. The summed E-state index contributed by atoms with van der Waals surface area (Å²) in [6.07, 6.45) is 1.32. The predicted molar refractivity (Wildman–Crippen MR) is 89.3 cm³/mol. The van der Waals surface area contributed by atoms with Crippen molar-refractivity contribution in [3.63, 3.8) is 0 Å². The fraction of sp³-hybridized carbons (Fsp3) is 0.211. The zero-order valence-electron chi connectivity index (χ0n) is 14.0. The van der Waals surface area contributed by atoms with Crippen LogP contribution in [0, 0.1) is 13.8 Å². The Kier molecular flexibility index (Phi) is 3.72. The first-order chi connectivity index (χ1) is 11.4. The Morgan fingerprint density at radius 1 is 1.04 bits per heavy atom. The van der Waals surface area contributed by atoms with Crippen LogP contribution in [0.1, 0.15) is 48.0 Å². The number of hydrogen-bond donors (Lipinski definition) is 0. The molecule has 0 saturated heterocycles. The summed E-state index contributed by atoms with van der Waals surface area (Å²) >= 11 is 0. The minimum absolute atomic E-state index is 0.236. The van der Waals surface area contributed by atoms with Crippen LogP contribution in [0.15, 0.2) is 30.3 Å². The number of hydrogen-bond acceptors (Lipinski definition) is 4. The zero-order valence-corrected chi connectivity index (χ0v) is 14.0. The van der Waals surface area contributed by atoms with E-state index in [1.54, 1.807) is 31.2 Å². The highest BCUT2D eigenvalue weighted by molar-refractivity contribution is 6.39. The van der Waals surface area contributed by atoms with Gasteiger partial charge in [0.2, 0.25) is 0 Å². The highest BCUT2D eigenvalue weighted by Gasteiger charge is 2.32. The van der Waals surface area contributed by atoms with E-state index < -0.39 is 5.97 Å². The summed E-state index contributed by atoms with van der Waals surface area (Å²) in [6.45, 7) is 3.60. The molecule has 3 rings (SSSR count). The molecule has 2 aromatic rings. The van der Waals surface area contributed by atoms with E-state index in [4.69, 9.17) is 4.74 Å². The molecule has 0 radical (unpaired) electrons. The molecule has 1 heterocycles. The van der Waals surface area contributed by atoms with Gasteiger partial charge in [0.25, 0.3) is 0 Å². The third-order valence-electron chi connectivity index (χ3n) is 4.60. The van der Waals surface area contributed by atoms with Gasteiger partial charge in [0, 0.05) is 40.7 Å². The molecule has 0 N–H and O–H groups in total. The molecule has 0 amide bonds. The van der Waals surface area contributed by atoms with Crippen molar-refractivity contribution in [2.75, 3.05) is 7.11 Å². The van der Waals surface area contributed by atoms with Crippen molar-refractivity contribution in [1.29, 1.82) is 0 Å². The van der Waals surface area contributed by atoms with Gasteiger partial charge in [0.15, 0.2) is 11.6 Å². The monoisotopic (exact) mass is 323 g/mol. The maximum absolute atomic E-state index is 12.9. The van der Waals surface area contributed by atoms with Crippen LogP contribution >= 0.6 is 0 Å². The number of nitrogens with zero attached hydrogens (tertiary/aromatic N) is 1. The van der Waals surface area contributed by atoms with Gasteiger partial charge in [0.1, 0.15) is 0 Å². The van der Waals surface area contributed by atoms with Crippen molar-refractivity contribution in [3.05, 3.63) is 64.0 Å². The number of esters is 1. The minimum Gasteiger partial charge on any atom is -0.465 e. The van der Waals surface area contributed by atoms with Crippen LogP contribution in [0.25, 0.3) is 5.57 Å². The fourth-order valence-electron chi connectivity index (χ4n) is 3.13. The predicted octanol–water partition coefficient (Wildman–Crippen LogP) is 2.89. The van der Waals surface area contributed by atoms with Gasteiger partial charge in [-0.05, 0) is 19.9 Å². The first kappa shape index (κ1) is 15.9. The zero-order chi connectivity index (χ0) is 17.6. The first-order valence-corrected chi connectivity index (χ1v) is 7.52. The number of ketones is 2. The van der Waals surface area contributed by atoms with Crippen LogP contribution in [-0.2, 0) is 11.8 Å². The summed E-state index contributed by atoms with van der Waals surface area (Å²) in [5.41, 5.74) is 3.20. The smallest absolute Gasteiger partial charge is 0.340 e. The Balaban J connectivity index is 2.28. The molecule has 0 spiro atoms. The van der Waals surface area contributed by atoms with Crippen molar-refractivity contribution >= 4 is 23.1 Å². The summed E-state index contributed by atoms with van der Waals surface area (Å²) in [5.74, 6) is -1.02. The summed E-state index contributed by atoms with van der Waals surface area (Å²) in [4.78, 5) is 37.6. The molecule has 122 valence electrons. The number of methoxy groups -OCH3 is 1. The second-order valence-corrected chi connectivity index (χ2v) is 5.77. The first-order valence-electron chi connectivity index (χ1n) is 7.52. The molecule has 0 atom stereocenters. The highest BCUT2D eigenvalue weighted by atomic mass is 16.5. The molecule has 0 saturated carbocycles. The standard InChI is InChI=1S/C19H17NO4/c1-10-16(17(19(23)24-4)11(2)20(10)3)14-9-15(21)12-7-5-6-8-13(12)18(14)22/h5-9H,1-4H3. The largest absolute Gasteiger partial charge is 0.465 e. The molecule has 0 unspecified atom stereocenters. The van der Waals surface area contributed by atoms with Gasteiger partial charge in [-0.2, -0.15) is 0 Å². The van der Waals surface area contributed by atoms with Gasteiger partial charge in [0.05, 0.1) is 12.7 Å². The second-order valence-electron chi connectivity index (χ2n) is 5.77.